The van der Waals surface area contributed by atoms with E-state index in [-0.39, 0.29) is 5.97 Å². The van der Waals surface area contributed by atoms with Crippen molar-refractivity contribution in [3.05, 3.63) is 12.2 Å². The van der Waals surface area contributed by atoms with Crippen LogP contribution in [-0.4, -0.2) is 18.9 Å². The molecule has 0 aliphatic heterocycles. The normalized spacial score (nSPS) is 10.5. The van der Waals surface area contributed by atoms with Crippen molar-refractivity contribution in [2.45, 2.75) is 45.4 Å². The quantitative estimate of drug-likeness (QED) is 0.255. The Morgan fingerprint density at radius 1 is 1.20 bits per heavy atom. The van der Waals surface area contributed by atoms with Crippen molar-refractivity contribution in [1.82, 2.24) is 0 Å². The maximum Gasteiger partial charge on any atom is 0.305 e. The number of carbonyl (C=O) groups is 2. The van der Waals surface area contributed by atoms with E-state index in [0.717, 1.165) is 38.4 Å². The van der Waals surface area contributed by atoms with Gasteiger partial charge in [-0.1, -0.05) is 18.9 Å². The summed E-state index contributed by atoms with van der Waals surface area (Å²) < 4.78 is 4.81. The average molecular weight is 212 g/mol. The van der Waals surface area contributed by atoms with E-state index in [4.69, 9.17) is 4.74 Å². The molecule has 0 amide bonds. The Balaban J connectivity index is 3.14. The second kappa shape index (κ2) is 11.0. The Bertz CT molecular complexity index is 197. The van der Waals surface area contributed by atoms with E-state index in [2.05, 4.69) is 0 Å². The first kappa shape index (κ1) is 13.9. The fraction of sp³-hybridized carbons (Fsp3) is 0.667. The Kier molecular flexibility index (Phi) is 10.1. The number of hydrogen-bond donors (Lipinski definition) is 0. The van der Waals surface area contributed by atoms with Gasteiger partial charge < -0.3 is 4.74 Å². The summed E-state index contributed by atoms with van der Waals surface area (Å²) in [4.78, 5) is 20.9. The lowest BCUT2D eigenvalue weighted by molar-refractivity contribution is -0.143. The second-order valence-corrected chi connectivity index (χ2v) is 3.32. The van der Waals surface area contributed by atoms with Crippen molar-refractivity contribution in [2.75, 3.05) is 6.61 Å². The predicted octanol–water partition coefficient (Wildman–Crippen LogP) is 2.65. The van der Waals surface area contributed by atoms with Gasteiger partial charge in [0.25, 0.3) is 0 Å². The molecule has 0 N–H and O–H groups in total. The topological polar surface area (TPSA) is 43.4 Å². The zero-order chi connectivity index (χ0) is 11.4. The van der Waals surface area contributed by atoms with Gasteiger partial charge in [0.05, 0.1) is 6.61 Å². The molecule has 0 unspecified atom stereocenters. The maximum atomic E-state index is 10.9. The minimum atomic E-state index is -0.0987. The van der Waals surface area contributed by atoms with Crippen LogP contribution in [0.4, 0.5) is 0 Å². The summed E-state index contributed by atoms with van der Waals surface area (Å²) in [6, 6.07) is 0. The molecule has 3 nitrogen and oxygen atoms in total. The third kappa shape index (κ3) is 10.8. The van der Waals surface area contributed by atoms with E-state index in [9.17, 15) is 9.59 Å². The lowest BCUT2D eigenvalue weighted by Crippen LogP contribution is -2.02. The summed E-state index contributed by atoms with van der Waals surface area (Å²) in [5.41, 5.74) is 0. The maximum absolute atomic E-state index is 10.9. The fourth-order valence-electron chi connectivity index (χ4n) is 1.27. The summed E-state index contributed by atoms with van der Waals surface area (Å²) in [5.74, 6) is -0.0987. The molecule has 0 fully saturated rings. The van der Waals surface area contributed by atoms with Gasteiger partial charge in [0.1, 0.15) is 6.29 Å². The molecular formula is C12H20O3. The summed E-state index contributed by atoms with van der Waals surface area (Å²) in [6.07, 6.45) is 9.79. The summed E-state index contributed by atoms with van der Waals surface area (Å²) in [5, 5.41) is 0. The van der Waals surface area contributed by atoms with Crippen LogP contribution in [0.15, 0.2) is 12.2 Å². The molecule has 86 valence electrons. The number of ether oxygens (including phenoxy) is 1. The third-order valence-corrected chi connectivity index (χ3v) is 2.02. The monoisotopic (exact) mass is 212 g/mol. The average Bonchev–Trinajstić information content (AvgIpc) is 2.22. The van der Waals surface area contributed by atoms with Crippen molar-refractivity contribution in [3.63, 3.8) is 0 Å². The highest BCUT2D eigenvalue weighted by Gasteiger charge is 1.99. The van der Waals surface area contributed by atoms with Crippen LogP contribution in [0.1, 0.15) is 45.4 Å². The highest BCUT2D eigenvalue weighted by atomic mass is 16.5. The lowest BCUT2D eigenvalue weighted by Gasteiger charge is -2.01. The molecular weight excluding hydrogens is 192 g/mol. The molecule has 0 aromatic carbocycles. The van der Waals surface area contributed by atoms with Crippen LogP contribution in [0.2, 0.25) is 0 Å². The van der Waals surface area contributed by atoms with Gasteiger partial charge in [0.15, 0.2) is 0 Å². The predicted molar refractivity (Wildman–Crippen MR) is 59.5 cm³/mol. The van der Waals surface area contributed by atoms with Crippen molar-refractivity contribution in [1.29, 1.82) is 0 Å². The van der Waals surface area contributed by atoms with Gasteiger partial charge in [0, 0.05) is 6.42 Å². The first-order chi connectivity index (χ1) is 7.31. The number of allylic oxidation sites excluding steroid dienone is 2. The SMILES string of the molecule is CCOC(=O)CCCCCC/C=C/C=O. The zero-order valence-electron chi connectivity index (χ0n) is 9.41. The van der Waals surface area contributed by atoms with E-state index in [1.54, 1.807) is 0 Å². The highest BCUT2D eigenvalue weighted by molar-refractivity contribution is 5.69. The van der Waals surface area contributed by atoms with Gasteiger partial charge in [0.2, 0.25) is 0 Å². The molecule has 0 aliphatic carbocycles. The van der Waals surface area contributed by atoms with Crippen LogP contribution in [-0.2, 0) is 14.3 Å². The molecule has 0 saturated carbocycles. The highest BCUT2D eigenvalue weighted by Crippen LogP contribution is 2.06. The number of rotatable bonds is 9. The van der Waals surface area contributed by atoms with E-state index in [1.807, 2.05) is 13.0 Å². The summed E-state index contributed by atoms with van der Waals surface area (Å²) >= 11 is 0. The smallest absolute Gasteiger partial charge is 0.305 e. The molecule has 0 aromatic rings. The lowest BCUT2D eigenvalue weighted by atomic mass is 10.1. The molecule has 0 heterocycles. The van der Waals surface area contributed by atoms with Gasteiger partial charge in [-0.05, 0) is 32.3 Å². The molecule has 0 spiro atoms. The Hall–Kier alpha value is -1.12. The molecule has 0 saturated heterocycles. The van der Waals surface area contributed by atoms with Crippen molar-refractivity contribution >= 4 is 12.3 Å². The first-order valence-corrected chi connectivity index (χ1v) is 5.57. The first-order valence-electron chi connectivity index (χ1n) is 5.57. The summed E-state index contributed by atoms with van der Waals surface area (Å²) in [6.45, 7) is 2.28. The molecule has 0 atom stereocenters. The number of esters is 1. The minimum absolute atomic E-state index is 0.0987. The van der Waals surface area contributed by atoms with Crippen LogP contribution in [0.5, 0.6) is 0 Å². The molecule has 0 bridgehead atoms. The van der Waals surface area contributed by atoms with Crippen molar-refractivity contribution < 1.29 is 14.3 Å². The van der Waals surface area contributed by atoms with Crippen LogP contribution in [0.25, 0.3) is 0 Å². The van der Waals surface area contributed by atoms with Crippen LogP contribution < -0.4 is 0 Å². The Morgan fingerprint density at radius 2 is 1.93 bits per heavy atom. The molecule has 0 rings (SSSR count). The van der Waals surface area contributed by atoms with Gasteiger partial charge in [-0.15, -0.1) is 0 Å². The van der Waals surface area contributed by atoms with Crippen LogP contribution >= 0.6 is 0 Å². The van der Waals surface area contributed by atoms with Crippen molar-refractivity contribution in [3.8, 4) is 0 Å². The Morgan fingerprint density at radius 3 is 2.60 bits per heavy atom. The molecule has 15 heavy (non-hydrogen) atoms. The van der Waals surface area contributed by atoms with Crippen LogP contribution in [0, 0.1) is 0 Å². The molecule has 3 heteroatoms. The number of unbranched alkanes of at least 4 members (excludes halogenated alkanes) is 4. The fourth-order valence-corrected chi connectivity index (χ4v) is 1.27. The van der Waals surface area contributed by atoms with Gasteiger partial charge in [-0.3, -0.25) is 9.59 Å². The largest absolute Gasteiger partial charge is 0.466 e. The minimum Gasteiger partial charge on any atom is -0.466 e. The molecule has 0 aliphatic rings. The number of aldehydes is 1. The second-order valence-electron chi connectivity index (χ2n) is 3.32. The summed E-state index contributed by atoms with van der Waals surface area (Å²) in [7, 11) is 0. The van der Waals surface area contributed by atoms with Crippen molar-refractivity contribution in [2.24, 2.45) is 0 Å². The zero-order valence-corrected chi connectivity index (χ0v) is 9.41. The number of carbonyl (C=O) groups excluding carboxylic acids is 2. The van der Waals surface area contributed by atoms with Gasteiger partial charge in [-0.25, -0.2) is 0 Å². The van der Waals surface area contributed by atoms with Gasteiger partial charge in [-0.2, -0.15) is 0 Å². The van der Waals surface area contributed by atoms with E-state index < -0.39 is 0 Å². The van der Waals surface area contributed by atoms with E-state index in [1.165, 1.54) is 6.08 Å². The molecule has 0 radical (unpaired) electrons. The number of hydrogen-bond acceptors (Lipinski definition) is 3. The van der Waals surface area contributed by atoms with Gasteiger partial charge >= 0.3 is 5.97 Å². The Labute approximate surface area is 91.5 Å². The van der Waals surface area contributed by atoms with Crippen LogP contribution in [0.3, 0.4) is 0 Å². The third-order valence-electron chi connectivity index (χ3n) is 2.02. The molecule has 0 aromatic heterocycles. The van der Waals surface area contributed by atoms with E-state index in [0.29, 0.717) is 13.0 Å². The standard InChI is InChI=1S/C12H20O3/c1-2-15-12(14)10-8-6-4-3-5-7-9-11-13/h7,9,11H,2-6,8,10H2,1H3/b9-7+. The van der Waals surface area contributed by atoms with E-state index >= 15 is 0 Å².